The average molecular weight is 434 g/mol. The molecule has 31 heavy (non-hydrogen) atoms. The number of furan rings is 1. The number of benzene rings is 3. The minimum atomic E-state index is -0.517. The van der Waals surface area contributed by atoms with Gasteiger partial charge in [-0.2, -0.15) is 5.10 Å². The van der Waals surface area contributed by atoms with Crippen LogP contribution in [0.1, 0.15) is 11.3 Å². The third-order valence-electron chi connectivity index (χ3n) is 4.67. The normalized spacial score (nSPS) is 11.1. The SMILES string of the molecule is O=C(Cc1cccc2ccccc12)N/N=C/c1ccc(-c2ccc([N+](=O)[O-])cc2Cl)o1. The number of rotatable bonds is 6. The van der Waals surface area contributed by atoms with E-state index in [-0.39, 0.29) is 23.0 Å². The van der Waals surface area contributed by atoms with Gasteiger partial charge in [-0.3, -0.25) is 14.9 Å². The van der Waals surface area contributed by atoms with Crippen LogP contribution in [0.4, 0.5) is 5.69 Å². The van der Waals surface area contributed by atoms with Crippen LogP contribution in [0.2, 0.25) is 5.02 Å². The van der Waals surface area contributed by atoms with E-state index in [0.29, 0.717) is 17.1 Å². The first-order valence-corrected chi connectivity index (χ1v) is 9.72. The second kappa shape index (κ2) is 8.81. The number of hydrogen-bond donors (Lipinski definition) is 1. The van der Waals surface area contributed by atoms with Crippen LogP contribution in [0, 0.1) is 10.1 Å². The lowest BCUT2D eigenvalue weighted by atomic mass is 10.0. The van der Waals surface area contributed by atoms with Gasteiger partial charge in [-0.1, -0.05) is 54.1 Å². The molecule has 1 heterocycles. The molecule has 7 nitrogen and oxygen atoms in total. The lowest BCUT2D eigenvalue weighted by Crippen LogP contribution is -2.19. The molecular formula is C23H16ClN3O4. The minimum absolute atomic E-state index is 0.101. The van der Waals surface area contributed by atoms with E-state index in [9.17, 15) is 14.9 Å². The Morgan fingerprint density at radius 3 is 2.71 bits per heavy atom. The number of nitrogens with one attached hydrogen (secondary N) is 1. The van der Waals surface area contributed by atoms with Crippen LogP contribution in [0.15, 0.2) is 82.3 Å². The first-order valence-electron chi connectivity index (χ1n) is 9.34. The number of nitrogens with zero attached hydrogens (tertiary/aromatic N) is 2. The highest BCUT2D eigenvalue weighted by Gasteiger charge is 2.13. The Bertz CT molecular complexity index is 1310. The molecule has 0 radical (unpaired) electrons. The molecule has 0 aliphatic carbocycles. The van der Waals surface area contributed by atoms with Crippen molar-refractivity contribution in [1.29, 1.82) is 0 Å². The number of fused-ring (bicyclic) bond motifs is 1. The fraction of sp³-hybridized carbons (Fsp3) is 0.0435. The molecule has 0 fully saturated rings. The zero-order valence-corrected chi connectivity index (χ0v) is 16.9. The molecule has 0 unspecified atom stereocenters. The summed E-state index contributed by atoms with van der Waals surface area (Å²) in [6, 6.07) is 21.2. The Balaban J connectivity index is 1.41. The van der Waals surface area contributed by atoms with Crippen LogP contribution >= 0.6 is 11.6 Å². The van der Waals surface area contributed by atoms with E-state index in [1.165, 1.54) is 24.4 Å². The van der Waals surface area contributed by atoms with E-state index >= 15 is 0 Å². The van der Waals surface area contributed by atoms with Gasteiger partial charge >= 0.3 is 0 Å². The molecule has 0 saturated carbocycles. The third-order valence-corrected chi connectivity index (χ3v) is 4.98. The van der Waals surface area contributed by atoms with Gasteiger partial charge in [0.2, 0.25) is 5.91 Å². The summed E-state index contributed by atoms with van der Waals surface area (Å²) in [5, 5.41) is 17.1. The molecule has 4 rings (SSSR count). The summed E-state index contributed by atoms with van der Waals surface area (Å²) < 4.78 is 5.65. The van der Waals surface area contributed by atoms with Crippen molar-refractivity contribution in [3.8, 4) is 11.3 Å². The molecule has 154 valence electrons. The van der Waals surface area contributed by atoms with Crippen molar-refractivity contribution < 1.29 is 14.1 Å². The number of nitro groups is 1. The standard InChI is InChI=1S/C23H16ClN3O4/c24-21-13-17(27(29)30)8-10-20(21)22-11-9-18(31-22)14-25-26-23(28)12-16-6-3-5-15-4-1-2-7-19(15)16/h1-11,13-14H,12H2,(H,26,28)/b25-14+. The van der Waals surface area contributed by atoms with Crippen LogP contribution in [-0.2, 0) is 11.2 Å². The molecule has 0 aliphatic heterocycles. The molecular weight excluding hydrogens is 418 g/mol. The Hall–Kier alpha value is -3.97. The summed E-state index contributed by atoms with van der Waals surface area (Å²) in [5.41, 5.74) is 3.83. The number of nitro benzene ring substituents is 1. The smallest absolute Gasteiger partial charge is 0.270 e. The van der Waals surface area contributed by atoms with E-state index < -0.39 is 4.92 Å². The van der Waals surface area contributed by atoms with E-state index in [2.05, 4.69) is 10.5 Å². The van der Waals surface area contributed by atoms with Gasteiger partial charge in [0.1, 0.15) is 11.5 Å². The first kappa shape index (κ1) is 20.3. The lowest BCUT2D eigenvalue weighted by molar-refractivity contribution is -0.384. The molecule has 0 saturated heterocycles. The highest BCUT2D eigenvalue weighted by atomic mass is 35.5. The molecule has 0 bridgehead atoms. The second-order valence-electron chi connectivity index (χ2n) is 6.73. The summed E-state index contributed by atoms with van der Waals surface area (Å²) >= 11 is 6.13. The number of amides is 1. The molecule has 1 aromatic heterocycles. The molecule has 4 aromatic rings. The molecule has 8 heteroatoms. The summed E-state index contributed by atoms with van der Waals surface area (Å²) in [6.07, 6.45) is 1.57. The maximum absolute atomic E-state index is 12.3. The maximum atomic E-state index is 12.3. The van der Waals surface area contributed by atoms with Crippen LogP contribution in [0.3, 0.4) is 0 Å². The van der Waals surface area contributed by atoms with Gasteiger partial charge in [0, 0.05) is 17.7 Å². The van der Waals surface area contributed by atoms with Gasteiger partial charge in [-0.15, -0.1) is 0 Å². The molecule has 3 aromatic carbocycles. The number of halogens is 1. The predicted octanol–water partition coefficient (Wildman–Crippen LogP) is 5.35. The first-order chi connectivity index (χ1) is 15.0. The Morgan fingerprint density at radius 1 is 1.10 bits per heavy atom. The average Bonchev–Trinajstić information content (AvgIpc) is 3.22. The van der Waals surface area contributed by atoms with Gasteiger partial charge < -0.3 is 4.42 Å². The fourth-order valence-electron chi connectivity index (χ4n) is 3.21. The van der Waals surface area contributed by atoms with E-state index in [1.54, 1.807) is 12.1 Å². The Kier molecular flexibility index (Phi) is 5.77. The van der Waals surface area contributed by atoms with Crippen LogP contribution < -0.4 is 5.43 Å². The number of carbonyl (C=O) groups excluding carboxylic acids is 1. The summed E-state index contributed by atoms with van der Waals surface area (Å²) in [6.45, 7) is 0. The van der Waals surface area contributed by atoms with E-state index in [1.807, 2.05) is 42.5 Å². The molecule has 1 amide bonds. The van der Waals surface area contributed by atoms with Crippen molar-refractivity contribution in [2.75, 3.05) is 0 Å². The van der Waals surface area contributed by atoms with Gasteiger partial charge in [0.15, 0.2) is 0 Å². The van der Waals surface area contributed by atoms with Gasteiger partial charge in [0.25, 0.3) is 5.69 Å². The van der Waals surface area contributed by atoms with Crippen LogP contribution in [0.5, 0.6) is 0 Å². The topological polar surface area (TPSA) is 97.7 Å². The Labute approximate surface area is 182 Å². The number of hydrogen-bond acceptors (Lipinski definition) is 5. The largest absolute Gasteiger partial charge is 0.455 e. The fourth-order valence-corrected chi connectivity index (χ4v) is 3.48. The summed E-state index contributed by atoms with van der Waals surface area (Å²) in [4.78, 5) is 22.6. The van der Waals surface area contributed by atoms with E-state index in [0.717, 1.165) is 16.3 Å². The van der Waals surface area contributed by atoms with Crippen molar-refractivity contribution in [2.24, 2.45) is 5.10 Å². The van der Waals surface area contributed by atoms with Crippen molar-refractivity contribution in [1.82, 2.24) is 5.43 Å². The second-order valence-corrected chi connectivity index (χ2v) is 7.14. The zero-order valence-electron chi connectivity index (χ0n) is 16.1. The molecule has 0 aliphatic rings. The van der Waals surface area contributed by atoms with Crippen LogP contribution in [0.25, 0.3) is 22.1 Å². The molecule has 0 atom stereocenters. The number of hydrazone groups is 1. The van der Waals surface area contributed by atoms with Gasteiger partial charge in [-0.05, 0) is 34.5 Å². The predicted molar refractivity (Wildman–Crippen MR) is 119 cm³/mol. The van der Waals surface area contributed by atoms with Crippen molar-refractivity contribution in [3.05, 3.63) is 99.3 Å². The zero-order chi connectivity index (χ0) is 21.8. The highest BCUT2D eigenvalue weighted by Crippen LogP contribution is 2.32. The summed E-state index contributed by atoms with van der Waals surface area (Å²) in [7, 11) is 0. The van der Waals surface area contributed by atoms with Gasteiger partial charge in [0.05, 0.1) is 22.6 Å². The van der Waals surface area contributed by atoms with Crippen molar-refractivity contribution in [3.63, 3.8) is 0 Å². The molecule has 0 spiro atoms. The highest BCUT2D eigenvalue weighted by molar-refractivity contribution is 6.33. The maximum Gasteiger partial charge on any atom is 0.270 e. The van der Waals surface area contributed by atoms with Crippen LogP contribution in [-0.4, -0.2) is 17.0 Å². The van der Waals surface area contributed by atoms with Crippen molar-refractivity contribution in [2.45, 2.75) is 6.42 Å². The quantitative estimate of drug-likeness (QED) is 0.251. The summed E-state index contributed by atoms with van der Waals surface area (Å²) in [5.74, 6) is 0.580. The lowest BCUT2D eigenvalue weighted by Gasteiger charge is -2.05. The third kappa shape index (κ3) is 4.62. The molecule has 1 N–H and O–H groups in total. The van der Waals surface area contributed by atoms with Crippen molar-refractivity contribution >= 4 is 40.2 Å². The monoisotopic (exact) mass is 433 g/mol. The van der Waals surface area contributed by atoms with E-state index in [4.69, 9.17) is 16.0 Å². The van der Waals surface area contributed by atoms with Gasteiger partial charge in [-0.25, -0.2) is 5.43 Å². The number of carbonyl (C=O) groups is 1. The number of non-ortho nitro benzene ring substituents is 1. The Morgan fingerprint density at radius 2 is 1.90 bits per heavy atom. The minimum Gasteiger partial charge on any atom is -0.455 e.